The Kier molecular flexibility index (Phi) is 4.26. The molecule has 6 heteroatoms. The van der Waals surface area contributed by atoms with Crippen molar-refractivity contribution in [1.82, 2.24) is 4.90 Å². The van der Waals surface area contributed by atoms with Crippen molar-refractivity contribution in [3.8, 4) is 0 Å². The first kappa shape index (κ1) is 15.8. The van der Waals surface area contributed by atoms with Gasteiger partial charge in [-0.25, -0.2) is 8.42 Å². The summed E-state index contributed by atoms with van der Waals surface area (Å²) in [5.74, 6) is 0.122. The van der Waals surface area contributed by atoms with Crippen molar-refractivity contribution in [2.24, 2.45) is 0 Å². The average Bonchev–Trinajstić information content (AvgIpc) is 3.15. The molecule has 1 aliphatic rings. The largest absolute Gasteiger partial charge is 0.455 e. The molecule has 0 aliphatic carbocycles. The van der Waals surface area contributed by atoms with Crippen LogP contribution in [-0.2, 0) is 15.6 Å². The summed E-state index contributed by atoms with van der Waals surface area (Å²) in [6, 6.07) is 13.1. The van der Waals surface area contributed by atoms with Crippen molar-refractivity contribution in [1.29, 1.82) is 0 Å². The minimum atomic E-state index is -3.18. The van der Waals surface area contributed by atoms with Crippen molar-refractivity contribution in [2.75, 3.05) is 12.8 Å². The van der Waals surface area contributed by atoms with Gasteiger partial charge in [-0.2, -0.15) is 0 Å². The fraction of sp³-hybridized carbons (Fsp3) is 0.353. The van der Waals surface area contributed by atoms with Crippen LogP contribution in [0, 0.1) is 0 Å². The standard InChI is InChI=1S/C17H19NO4S/c1-23(20,21)12-14-9-10-16(22-14)17(19)18-11-5-8-15(18)13-6-3-2-4-7-13/h2-4,6-7,9-10,15H,5,8,11-12H2,1H3. The molecule has 1 aliphatic heterocycles. The third kappa shape index (κ3) is 3.64. The fourth-order valence-electron chi connectivity index (χ4n) is 3.00. The Hall–Kier alpha value is -2.08. The summed E-state index contributed by atoms with van der Waals surface area (Å²) in [6.07, 6.45) is 3.01. The highest BCUT2D eigenvalue weighted by Crippen LogP contribution is 2.33. The van der Waals surface area contributed by atoms with Gasteiger partial charge in [-0.1, -0.05) is 30.3 Å². The maximum absolute atomic E-state index is 12.7. The van der Waals surface area contributed by atoms with Gasteiger partial charge in [0.2, 0.25) is 0 Å². The third-order valence-electron chi connectivity index (χ3n) is 3.97. The Balaban J connectivity index is 1.80. The third-order valence-corrected chi connectivity index (χ3v) is 4.78. The van der Waals surface area contributed by atoms with Gasteiger partial charge in [0.1, 0.15) is 11.5 Å². The SMILES string of the molecule is CS(=O)(=O)Cc1ccc(C(=O)N2CCCC2c2ccccc2)o1. The molecule has 2 aromatic rings. The second kappa shape index (κ2) is 6.20. The van der Waals surface area contributed by atoms with Gasteiger partial charge in [0.15, 0.2) is 15.6 Å². The number of furan rings is 1. The van der Waals surface area contributed by atoms with E-state index in [4.69, 9.17) is 4.42 Å². The molecule has 122 valence electrons. The van der Waals surface area contributed by atoms with E-state index in [2.05, 4.69) is 0 Å². The van der Waals surface area contributed by atoms with Crippen molar-refractivity contribution in [3.05, 3.63) is 59.5 Å². The van der Waals surface area contributed by atoms with E-state index in [1.807, 2.05) is 30.3 Å². The van der Waals surface area contributed by atoms with E-state index in [-0.39, 0.29) is 23.5 Å². The second-order valence-electron chi connectivity index (χ2n) is 5.90. The average molecular weight is 333 g/mol. The lowest BCUT2D eigenvalue weighted by Gasteiger charge is -2.24. The second-order valence-corrected chi connectivity index (χ2v) is 8.04. The lowest BCUT2D eigenvalue weighted by atomic mass is 10.0. The zero-order valence-electron chi connectivity index (χ0n) is 12.9. The molecule has 1 fully saturated rings. The summed E-state index contributed by atoms with van der Waals surface area (Å²) >= 11 is 0. The first-order valence-corrected chi connectivity index (χ1v) is 9.62. The van der Waals surface area contributed by atoms with Gasteiger partial charge in [0.25, 0.3) is 5.91 Å². The molecule has 1 atom stereocenters. The van der Waals surface area contributed by atoms with Crippen LogP contribution < -0.4 is 0 Å². The monoisotopic (exact) mass is 333 g/mol. The van der Waals surface area contributed by atoms with Crippen molar-refractivity contribution in [2.45, 2.75) is 24.6 Å². The van der Waals surface area contributed by atoms with Crippen LogP contribution in [0.5, 0.6) is 0 Å². The quantitative estimate of drug-likeness (QED) is 0.863. The van der Waals surface area contributed by atoms with Crippen molar-refractivity contribution >= 4 is 15.7 Å². The number of benzene rings is 1. The lowest BCUT2D eigenvalue weighted by Crippen LogP contribution is -2.30. The minimum Gasteiger partial charge on any atom is -0.455 e. The molecule has 1 unspecified atom stereocenters. The van der Waals surface area contributed by atoms with Crippen LogP contribution in [0.25, 0.3) is 0 Å². The number of likely N-dealkylation sites (tertiary alicyclic amines) is 1. The Morgan fingerprint density at radius 3 is 2.65 bits per heavy atom. The number of hydrogen-bond donors (Lipinski definition) is 0. The topological polar surface area (TPSA) is 67.6 Å². The number of sulfone groups is 1. The van der Waals surface area contributed by atoms with Crippen molar-refractivity contribution < 1.29 is 17.6 Å². The van der Waals surface area contributed by atoms with Gasteiger partial charge in [0, 0.05) is 12.8 Å². The Morgan fingerprint density at radius 1 is 1.22 bits per heavy atom. The van der Waals surface area contributed by atoms with E-state index in [0.29, 0.717) is 12.3 Å². The fourth-order valence-corrected chi connectivity index (χ4v) is 3.67. The van der Waals surface area contributed by atoms with Gasteiger partial charge >= 0.3 is 0 Å². The molecule has 1 saturated heterocycles. The van der Waals surface area contributed by atoms with Crippen LogP contribution >= 0.6 is 0 Å². The van der Waals surface area contributed by atoms with E-state index in [0.717, 1.165) is 24.7 Å². The summed E-state index contributed by atoms with van der Waals surface area (Å²) in [6.45, 7) is 0.681. The number of rotatable bonds is 4. The van der Waals surface area contributed by atoms with Gasteiger partial charge in [-0.3, -0.25) is 4.79 Å². The molecule has 0 spiro atoms. The lowest BCUT2D eigenvalue weighted by molar-refractivity contribution is 0.0701. The van der Waals surface area contributed by atoms with Crippen LogP contribution in [-0.4, -0.2) is 32.0 Å². The smallest absolute Gasteiger partial charge is 0.290 e. The summed E-state index contributed by atoms with van der Waals surface area (Å²) in [5.41, 5.74) is 1.11. The maximum atomic E-state index is 12.7. The Morgan fingerprint density at radius 2 is 1.96 bits per heavy atom. The number of carbonyl (C=O) groups excluding carboxylic acids is 1. The predicted octanol–water partition coefficient (Wildman–Crippen LogP) is 2.80. The predicted molar refractivity (Wildman–Crippen MR) is 86.7 cm³/mol. The Labute approximate surface area is 135 Å². The van der Waals surface area contributed by atoms with Crippen LogP contribution in [0.15, 0.2) is 46.9 Å². The molecule has 1 amide bonds. The molecule has 0 bridgehead atoms. The van der Waals surface area contributed by atoms with Crippen molar-refractivity contribution in [3.63, 3.8) is 0 Å². The number of amides is 1. The van der Waals surface area contributed by atoms with Crippen LogP contribution in [0.2, 0.25) is 0 Å². The molecule has 0 N–H and O–H groups in total. The van der Waals surface area contributed by atoms with E-state index in [1.54, 1.807) is 17.0 Å². The summed E-state index contributed by atoms with van der Waals surface area (Å²) in [7, 11) is -3.18. The van der Waals surface area contributed by atoms with E-state index < -0.39 is 9.84 Å². The summed E-state index contributed by atoms with van der Waals surface area (Å²) in [4.78, 5) is 14.5. The van der Waals surface area contributed by atoms with Gasteiger partial charge in [-0.15, -0.1) is 0 Å². The molecule has 0 radical (unpaired) electrons. The zero-order valence-corrected chi connectivity index (χ0v) is 13.8. The first-order valence-electron chi connectivity index (χ1n) is 7.56. The van der Waals surface area contributed by atoms with Gasteiger partial charge < -0.3 is 9.32 Å². The number of nitrogens with zero attached hydrogens (tertiary/aromatic N) is 1. The molecule has 1 aromatic carbocycles. The molecule has 1 aromatic heterocycles. The zero-order chi connectivity index (χ0) is 16.4. The molecule has 23 heavy (non-hydrogen) atoms. The molecular formula is C17H19NO4S. The highest BCUT2D eigenvalue weighted by atomic mass is 32.2. The molecule has 0 saturated carbocycles. The summed E-state index contributed by atoms with van der Waals surface area (Å²) < 4.78 is 28.1. The van der Waals surface area contributed by atoms with Crippen LogP contribution in [0.4, 0.5) is 0 Å². The van der Waals surface area contributed by atoms with Crippen LogP contribution in [0.3, 0.4) is 0 Å². The summed E-state index contributed by atoms with van der Waals surface area (Å²) in [5, 5.41) is 0. The van der Waals surface area contributed by atoms with Crippen LogP contribution in [0.1, 0.15) is 40.8 Å². The number of carbonyl (C=O) groups is 1. The van der Waals surface area contributed by atoms with Gasteiger partial charge in [-0.05, 0) is 30.5 Å². The van der Waals surface area contributed by atoms with E-state index in [9.17, 15) is 13.2 Å². The molecule has 3 rings (SSSR count). The van der Waals surface area contributed by atoms with E-state index >= 15 is 0 Å². The highest BCUT2D eigenvalue weighted by Gasteiger charge is 2.32. The minimum absolute atomic E-state index is 0.0483. The maximum Gasteiger partial charge on any atom is 0.290 e. The Bertz CT molecular complexity index is 795. The highest BCUT2D eigenvalue weighted by molar-refractivity contribution is 7.89. The molecular weight excluding hydrogens is 314 g/mol. The first-order chi connectivity index (χ1) is 10.9. The normalized spacial score (nSPS) is 18.3. The number of hydrogen-bond acceptors (Lipinski definition) is 4. The van der Waals surface area contributed by atoms with Gasteiger partial charge in [0.05, 0.1) is 6.04 Å². The molecule has 2 heterocycles. The van der Waals surface area contributed by atoms with E-state index in [1.165, 1.54) is 0 Å². The molecule has 5 nitrogen and oxygen atoms in total.